The summed E-state index contributed by atoms with van der Waals surface area (Å²) < 4.78 is 5.44. The number of ether oxygens (including phenoxy) is 1. The predicted octanol–water partition coefficient (Wildman–Crippen LogP) is 2.19. The molecule has 0 unspecified atom stereocenters. The molecule has 0 fully saturated rings. The number of benzene rings is 2. The number of carbonyl (C=O) groups is 2. The molecule has 0 aliphatic carbocycles. The Labute approximate surface area is 122 Å². The normalized spacial score (nSPS) is 9.90. The summed E-state index contributed by atoms with van der Waals surface area (Å²) in [5, 5.41) is 2.70. The van der Waals surface area contributed by atoms with Crippen LogP contribution in [0.5, 0.6) is 5.75 Å². The fraction of sp³-hybridized carbons (Fsp3) is 0.125. The van der Waals surface area contributed by atoms with Gasteiger partial charge in [-0.1, -0.05) is 24.3 Å². The molecule has 5 heteroatoms. The van der Waals surface area contributed by atoms with E-state index in [1.54, 1.807) is 18.2 Å². The molecule has 108 valence electrons. The second-order valence-corrected chi connectivity index (χ2v) is 4.40. The third-order valence-electron chi connectivity index (χ3n) is 2.77. The van der Waals surface area contributed by atoms with Crippen molar-refractivity contribution in [2.45, 2.75) is 6.42 Å². The topological polar surface area (TPSA) is 81.4 Å². The summed E-state index contributed by atoms with van der Waals surface area (Å²) >= 11 is 0. The zero-order valence-corrected chi connectivity index (χ0v) is 11.4. The summed E-state index contributed by atoms with van der Waals surface area (Å²) in [6.07, 6.45) is 0.218. The largest absolute Gasteiger partial charge is 0.493 e. The van der Waals surface area contributed by atoms with Crippen LogP contribution in [0, 0.1) is 0 Å². The summed E-state index contributed by atoms with van der Waals surface area (Å²) in [5.74, 6) is 0.00656. The van der Waals surface area contributed by atoms with E-state index >= 15 is 0 Å². The van der Waals surface area contributed by atoms with E-state index in [0.717, 1.165) is 5.75 Å². The molecule has 0 atom stereocenters. The fourth-order valence-electron chi connectivity index (χ4n) is 1.75. The van der Waals surface area contributed by atoms with Gasteiger partial charge in [-0.25, -0.2) is 0 Å². The Bertz CT molecular complexity index is 626. The lowest BCUT2D eigenvalue weighted by molar-refractivity contribution is -0.116. The Kier molecular flexibility index (Phi) is 4.93. The first kappa shape index (κ1) is 14.6. The maximum atomic E-state index is 11.8. The van der Waals surface area contributed by atoms with Crippen molar-refractivity contribution >= 4 is 17.5 Å². The van der Waals surface area contributed by atoms with Gasteiger partial charge in [0.25, 0.3) is 0 Å². The Balaban J connectivity index is 1.82. The Morgan fingerprint density at radius 3 is 2.52 bits per heavy atom. The molecule has 0 saturated heterocycles. The van der Waals surface area contributed by atoms with E-state index in [4.69, 9.17) is 10.5 Å². The number of hydrogen-bond donors (Lipinski definition) is 2. The first-order valence-electron chi connectivity index (χ1n) is 6.53. The van der Waals surface area contributed by atoms with Crippen molar-refractivity contribution in [2.24, 2.45) is 5.73 Å². The van der Waals surface area contributed by atoms with E-state index < -0.39 is 5.91 Å². The smallest absolute Gasteiger partial charge is 0.248 e. The number of nitrogens with two attached hydrogens (primary N) is 1. The molecule has 0 saturated carbocycles. The van der Waals surface area contributed by atoms with E-state index in [1.807, 2.05) is 30.3 Å². The van der Waals surface area contributed by atoms with Crippen molar-refractivity contribution in [1.82, 2.24) is 0 Å². The van der Waals surface area contributed by atoms with Gasteiger partial charge < -0.3 is 15.8 Å². The number of carbonyl (C=O) groups excluding carboxylic acids is 2. The molecule has 5 nitrogen and oxygen atoms in total. The molecule has 3 N–H and O–H groups in total. The van der Waals surface area contributed by atoms with Crippen molar-refractivity contribution in [3.8, 4) is 5.75 Å². The number of para-hydroxylation sites is 1. The molecular weight excluding hydrogens is 268 g/mol. The van der Waals surface area contributed by atoms with Crippen LogP contribution in [0.25, 0.3) is 0 Å². The third-order valence-corrected chi connectivity index (χ3v) is 2.77. The summed E-state index contributed by atoms with van der Waals surface area (Å²) in [7, 11) is 0. The number of hydrogen-bond acceptors (Lipinski definition) is 3. The van der Waals surface area contributed by atoms with Gasteiger partial charge in [0.05, 0.1) is 13.0 Å². The molecule has 0 bridgehead atoms. The summed E-state index contributed by atoms with van der Waals surface area (Å²) in [4.78, 5) is 22.8. The first-order valence-corrected chi connectivity index (χ1v) is 6.53. The van der Waals surface area contributed by atoms with Gasteiger partial charge in [-0.15, -0.1) is 0 Å². The molecule has 2 rings (SSSR count). The average molecular weight is 284 g/mol. The number of nitrogens with one attached hydrogen (secondary N) is 1. The molecule has 2 aromatic rings. The van der Waals surface area contributed by atoms with Gasteiger partial charge in [0, 0.05) is 11.3 Å². The lowest BCUT2D eigenvalue weighted by Gasteiger charge is -2.08. The maximum Gasteiger partial charge on any atom is 0.248 e. The van der Waals surface area contributed by atoms with E-state index in [0.29, 0.717) is 11.3 Å². The average Bonchev–Trinajstić information content (AvgIpc) is 2.48. The molecule has 0 aliphatic rings. The van der Waals surface area contributed by atoms with Crippen molar-refractivity contribution in [3.05, 3.63) is 60.2 Å². The van der Waals surface area contributed by atoms with Gasteiger partial charge in [-0.3, -0.25) is 9.59 Å². The highest BCUT2D eigenvalue weighted by Gasteiger charge is 2.05. The van der Waals surface area contributed by atoms with Gasteiger partial charge >= 0.3 is 0 Å². The second kappa shape index (κ2) is 7.09. The Morgan fingerprint density at radius 1 is 1.05 bits per heavy atom. The molecule has 0 aliphatic heterocycles. The van der Waals surface area contributed by atoms with Crippen LogP contribution >= 0.6 is 0 Å². The second-order valence-electron chi connectivity index (χ2n) is 4.40. The fourth-order valence-corrected chi connectivity index (χ4v) is 1.75. The summed E-state index contributed by atoms with van der Waals surface area (Å²) in [6, 6.07) is 15.8. The van der Waals surface area contributed by atoms with Crippen LogP contribution in [0.2, 0.25) is 0 Å². The molecule has 0 heterocycles. The van der Waals surface area contributed by atoms with E-state index in [-0.39, 0.29) is 18.9 Å². The molecule has 0 spiro atoms. The molecule has 0 radical (unpaired) electrons. The number of anilines is 1. The number of rotatable bonds is 6. The zero-order valence-electron chi connectivity index (χ0n) is 11.4. The van der Waals surface area contributed by atoms with Gasteiger partial charge in [-0.2, -0.15) is 0 Å². The van der Waals surface area contributed by atoms with Crippen molar-refractivity contribution < 1.29 is 14.3 Å². The minimum atomic E-state index is -0.529. The summed E-state index contributed by atoms with van der Waals surface area (Å²) in [5.41, 5.74) is 6.08. The monoisotopic (exact) mass is 284 g/mol. The van der Waals surface area contributed by atoms with Gasteiger partial charge in [0.1, 0.15) is 5.75 Å². The zero-order chi connectivity index (χ0) is 15.1. The SMILES string of the molecule is NC(=O)c1cccc(NC(=O)CCOc2ccccc2)c1. The summed E-state index contributed by atoms with van der Waals surface area (Å²) in [6.45, 7) is 0.283. The molecular formula is C16H16N2O3. The van der Waals surface area contributed by atoms with Crippen molar-refractivity contribution in [1.29, 1.82) is 0 Å². The van der Waals surface area contributed by atoms with Crippen LogP contribution in [0.4, 0.5) is 5.69 Å². The quantitative estimate of drug-likeness (QED) is 0.853. The lowest BCUT2D eigenvalue weighted by Crippen LogP contribution is -2.16. The lowest BCUT2D eigenvalue weighted by atomic mass is 10.2. The van der Waals surface area contributed by atoms with Crippen LogP contribution in [0.1, 0.15) is 16.8 Å². The highest BCUT2D eigenvalue weighted by molar-refractivity contribution is 5.96. The van der Waals surface area contributed by atoms with E-state index in [9.17, 15) is 9.59 Å². The molecule has 2 amide bonds. The maximum absolute atomic E-state index is 11.8. The van der Waals surface area contributed by atoms with Crippen LogP contribution in [0.15, 0.2) is 54.6 Å². The highest BCUT2D eigenvalue weighted by atomic mass is 16.5. The standard InChI is InChI=1S/C16H16N2O3/c17-16(20)12-5-4-6-13(11-12)18-15(19)9-10-21-14-7-2-1-3-8-14/h1-8,11H,9-10H2,(H2,17,20)(H,18,19). The third kappa shape index (κ3) is 4.65. The van der Waals surface area contributed by atoms with E-state index in [1.165, 1.54) is 6.07 Å². The van der Waals surface area contributed by atoms with Gasteiger partial charge in [0.2, 0.25) is 11.8 Å². The van der Waals surface area contributed by atoms with Crippen molar-refractivity contribution in [2.75, 3.05) is 11.9 Å². The Morgan fingerprint density at radius 2 is 1.81 bits per heavy atom. The van der Waals surface area contributed by atoms with Crippen molar-refractivity contribution in [3.63, 3.8) is 0 Å². The van der Waals surface area contributed by atoms with Gasteiger partial charge in [0.15, 0.2) is 0 Å². The van der Waals surface area contributed by atoms with Crippen LogP contribution in [-0.4, -0.2) is 18.4 Å². The van der Waals surface area contributed by atoms with Crippen LogP contribution in [0.3, 0.4) is 0 Å². The number of primary amides is 1. The van der Waals surface area contributed by atoms with Crippen LogP contribution < -0.4 is 15.8 Å². The minimum absolute atomic E-state index is 0.187. The molecule has 0 aromatic heterocycles. The van der Waals surface area contributed by atoms with Gasteiger partial charge in [-0.05, 0) is 30.3 Å². The molecule has 2 aromatic carbocycles. The van der Waals surface area contributed by atoms with Crippen LogP contribution in [-0.2, 0) is 4.79 Å². The molecule has 21 heavy (non-hydrogen) atoms. The Hall–Kier alpha value is -2.82. The number of amides is 2. The minimum Gasteiger partial charge on any atom is -0.493 e. The predicted molar refractivity (Wildman–Crippen MR) is 80.1 cm³/mol. The van der Waals surface area contributed by atoms with E-state index in [2.05, 4.69) is 5.32 Å². The first-order chi connectivity index (χ1) is 10.1. The highest BCUT2D eigenvalue weighted by Crippen LogP contribution is 2.11.